The van der Waals surface area contributed by atoms with Crippen molar-refractivity contribution in [2.45, 2.75) is 44.8 Å². The normalized spacial score (nSPS) is 12.2. The Kier molecular flexibility index (Phi) is 6.84. The zero-order valence-corrected chi connectivity index (χ0v) is 14.7. The van der Waals surface area contributed by atoms with Crippen LogP contribution in [0.1, 0.15) is 40.0 Å². The van der Waals surface area contributed by atoms with Crippen molar-refractivity contribution in [1.29, 1.82) is 0 Å². The second kappa shape index (κ2) is 7.94. The summed E-state index contributed by atoms with van der Waals surface area (Å²) in [7, 11) is -3.31. The van der Waals surface area contributed by atoms with Crippen LogP contribution in [0, 0.1) is 0 Å². The second-order valence-electron chi connectivity index (χ2n) is 6.02. The van der Waals surface area contributed by atoms with Crippen LogP contribution >= 0.6 is 11.6 Å². The summed E-state index contributed by atoms with van der Waals surface area (Å²) in [5.74, 6) is -0.0963. The number of amides is 1. The number of benzene rings is 1. The lowest BCUT2D eigenvalue weighted by molar-refractivity contribution is -0.116. The summed E-state index contributed by atoms with van der Waals surface area (Å²) in [6.45, 7) is 5.28. The van der Waals surface area contributed by atoms with Crippen molar-refractivity contribution in [3.63, 3.8) is 0 Å². The van der Waals surface area contributed by atoms with Crippen molar-refractivity contribution in [1.82, 2.24) is 4.72 Å². The second-order valence-corrected chi connectivity index (χ2v) is 8.98. The maximum atomic E-state index is 11.8. The van der Waals surface area contributed by atoms with Gasteiger partial charge in [0.15, 0.2) is 0 Å². The van der Waals surface area contributed by atoms with E-state index in [9.17, 15) is 13.2 Å². The summed E-state index contributed by atoms with van der Waals surface area (Å²) in [5, 5.41) is 3.38. The van der Waals surface area contributed by atoms with Gasteiger partial charge in [-0.3, -0.25) is 4.79 Å². The molecule has 0 atom stereocenters. The zero-order chi connectivity index (χ0) is 16.8. The number of sulfonamides is 1. The molecule has 0 saturated carbocycles. The maximum absolute atomic E-state index is 11.8. The molecule has 5 nitrogen and oxygen atoms in total. The lowest BCUT2D eigenvalue weighted by atomic mass is 10.2. The Morgan fingerprint density at radius 1 is 1.14 bits per heavy atom. The highest BCUT2D eigenvalue weighted by molar-refractivity contribution is 7.90. The molecule has 2 N–H and O–H groups in total. The van der Waals surface area contributed by atoms with Crippen molar-refractivity contribution in [2.24, 2.45) is 0 Å². The van der Waals surface area contributed by atoms with Gasteiger partial charge in [0.05, 0.1) is 4.75 Å². The van der Waals surface area contributed by atoms with Crippen LogP contribution in [0.3, 0.4) is 0 Å². The average molecular weight is 347 g/mol. The minimum absolute atomic E-state index is 0.0963. The minimum Gasteiger partial charge on any atom is -0.326 e. The van der Waals surface area contributed by atoms with Crippen LogP contribution < -0.4 is 10.0 Å². The topological polar surface area (TPSA) is 75.3 Å². The molecular weight excluding hydrogens is 324 g/mol. The number of nitrogens with one attached hydrogen (secondary N) is 2. The Hall–Kier alpha value is -1.11. The van der Waals surface area contributed by atoms with Gasteiger partial charge in [-0.2, -0.15) is 0 Å². The monoisotopic (exact) mass is 346 g/mol. The largest absolute Gasteiger partial charge is 0.326 e. The predicted molar refractivity (Wildman–Crippen MR) is 90.6 cm³/mol. The van der Waals surface area contributed by atoms with E-state index in [0.717, 1.165) is 0 Å². The quantitative estimate of drug-likeness (QED) is 0.744. The van der Waals surface area contributed by atoms with E-state index >= 15 is 0 Å². The molecule has 1 rings (SSSR count). The number of rotatable bonds is 7. The Labute approximate surface area is 137 Å². The summed E-state index contributed by atoms with van der Waals surface area (Å²) in [4.78, 5) is 11.7. The number of unbranched alkanes of at least 4 members (excludes halogenated alkanes) is 1. The van der Waals surface area contributed by atoms with Crippen molar-refractivity contribution >= 4 is 33.2 Å². The number of halogens is 1. The van der Waals surface area contributed by atoms with Crippen molar-refractivity contribution in [2.75, 3.05) is 11.9 Å². The van der Waals surface area contributed by atoms with Crippen LogP contribution in [0.5, 0.6) is 0 Å². The molecule has 0 radical (unpaired) electrons. The summed E-state index contributed by atoms with van der Waals surface area (Å²) >= 11 is 5.77. The Morgan fingerprint density at radius 3 is 2.27 bits per heavy atom. The fourth-order valence-corrected chi connectivity index (χ4v) is 2.56. The van der Waals surface area contributed by atoms with E-state index < -0.39 is 14.8 Å². The van der Waals surface area contributed by atoms with Gasteiger partial charge in [-0.15, -0.1) is 0 Å². The smallest absolute Gasteiger partial charge is 0.224 e. The van der Waals surface area contributed by atoms with E-state index in [-0.39, 0.29) is 5.91 Å². The first-order valence-electron chi connectivity index (χ1n) is 7.16. The Balaban J connectivity index is 2.25. The number of anilines is 1. The molecule has 0 saturated heterocycles. The molecule has 124 valence electrons. The van der Waals surface area contributed by atoms with Gasteiger partial charge in [0, 0.05) is 23.7 Å². The van der Waals surface area contributed by atoms with Crippen molar-refractivity contribution in [3.05, 3.63) is 29.3 Å². The van der Waals surface area contributed by atoms with E-state index in [1.165, 1.54) is 0 Å². The molecule has 0 aliphatic heterocycles. The molecule has 0 heterocycles. The lowest BCUT2D eigenvalue weighted by Gasteiger charge is -2.19. The number of hydrogen-bond donors (Lipinski definition) is 2. The van der Waals surface area contributed by atoms with Gasteiger partial charge < -0.3 is 5.32 Å². The fourth-order valence-electron chi connectivity index (χ4n) is 1.59. The predicted octanol–water partition coefficient (Wildman–Crippen LogP) is 3.17. The summed E-state index contributed by atoms with van der Waals surface area (Å²) in [6.07, 6.45) is 1.58. The third-order valence-electron chi connectivity index (χ3n) is 3.06. The van der Waals surface area contributed by atoms with E-state index in [1.807, 2.05) is 0 Å². The standard InChI is InChI=1S/C15H23ClN2O3S/c1-15(2,3)22(20,21)17-11-5-4-6-14(19)18-13-9-7-12(16)8-10-13/h7-10,17H,4-6,11H2,1-3H3,(H,18,19). The molecule has 1 aromatic carbocycles. The third kappa shape index (κ3) is 6.34. The van der Waals surface area contributed by atoms with Crippen LogP contribution in [0.25, 0.3) is 0 Å². The van der Waals surface area contributed by atoms with Gasteiger partial charge in [-0.05, 0) is 57.9 Å². The van der Waals surface area contributed by atoms with Gasteiger partial charge in [-0.1, -0.05) is 11.6 Å². The molecule has 0 spiro atoms. The SMILES string of the molecule is CC(C)(C)S(=O)(=O)NCCCCC(=O)Nc1ccc(Cl)cc1. The molecule has 22 heavy (non-hydrogen) atoms. The van der Waals surface area contributed by atoms with E-state index in [2.05, 4.69) is 10.0 Å². The first-order chi connectivity index (χ1) is 10.1. The van der Waals surface area contributed by atoms with Gasteiger partial charge in [-0.25, -0.2) is 13.1 Å². The van der Waals surface area contributed by atoms with Gasteiger partial charge in [0.2, 0.25) is 15.9 Å². The summed E-state index contributed by atoms with van der Waals surface area (Å²) in [5.41, 5.74) is 0.697. The third-order valence-corrected chi connectivity index (χ3v) is 5.51. The fraction of sp³-hybridized carbons (Fsp3) is 0.533. The molecule has 0 aliphatic rings. The molecule has 1 amide bonds. The molecular formula is C15H23ClN2O3S. The van der Waals surface area contributed by atoms with E-state index in [1.54, 1.807) is 45.0 Å². The Morgan fingerprint density at radius 2 is 1.73 bits per heavy atom. The van der Waals surface area contributed by atoms with Crippen LogP contribution in [-0.2, 0) is 14.8 Å². The van der Waals surface area contributed by atoms with Gasteiger partial charge in [0.1, 0.15) is 0 Å². The zero-order valence-electron chi connectivity index (χ0n) is 13.1. The van der Waals surface area contributed by atoms with E-state index in [0.29, 0.717) is 36.5 Å². The Bertz CT molecular complexity index is 592. The molecule has 0 unspecified atom stereocenters. The van der Waals surface area contributed by atoms with Gasteiger partial charge >= 0.3 is 0 Å². The highest BCUT2D eigenvalue weighted by Gasteiger charge is 2.27. The van der Waals surface area contributed by atoms with Gasteiger partial charge in [0.25, 0.3) is 0 Å². The number of hydrogen-bond acceptors (Lipinski definition) is 3. The number of carbonyl (C=O) groups is 1. The first kappa shape index (κ1) is 18.9. The molecule has 0 aliphatic carbocycles. The molecule has 0 fully saturated rings. The minimum atomic E-state index is -3.31. The lowest BCUT2D eigenvalue weighted by Crippen LogP contribution is -2.39. The first-order valence-corrected chi connectivity index (χ1v) is 9.02. The van der Waals surface area contributed by atoms with Crippen LogP contribution in [0.4, 0.5) is 5.69 Å². The van der Waals surface area contributed by atoms with Crippen molar-refractivity contribution < 1.29 is 13.2 Å². The number of carbonyl (C=O) groups excluding carboxylic acids is 1. The van der Waals surface area contributed by atoms with Crippen molar-refractivity contribution in [3.8, 4) is 0 Å². The molecule has 7 heteroatoms. The highest BCUT2D eigenvalue weighted by atomic mass is 35.5. The average Bonchev–Trinajstić information content (AvgIpc) is 2.39. The maximum Gasteiger partial charge on any atom is 0.224 e. The molecule has 0 aromatic heterocycles. The van der Waals surface area contributed by atoms with Crippen LogP contribution in [-0.4, -0.2) is 25.6 Å². The summed E-state index contributed by atoms with van der Waals surface area (Å²) in [6, 6.07) is 6.88. The van der Waals surface area contributed by atoms with Crippen LogP contribution in [0.2, 0.25) is 5.02 Å². The summed E-state index contributed by atoms with van der Waals surface area (Å²) < 4.78 is 25.4. The molecule has 0 bridgehead atoms. The molecule has 1 aromatic rings. The van der Waals surface area contributed by atoms with Crippen LogP contribution in [0.15, 0.2) is 24.3 Å². The highest BCUT2D eigenvalue weighted by Crippen LogP contribution is 2.14. The van der Waals surface area contributed by atoms with E-state index in [4.69, 9.17) is 11.6 Å².